The summed E-state index contributed by atoms with van der Waals surface area (Å²) in [5.74, 6) is 0.196. The highest BCUT2D eigenvalue weighted by molar-refractivity contribution is 7.92. The summed E-state index contributed by atoms with van der Waals surface area (Å²) in [5.41, 5.74) is 7.39. The van der Waals surface area contributed by atoms with Gasteiger partial charge in [-0.25, -0.2) is 8.42 Å². The fraction of sp³-hybridized carbons (Fsp3) is 0.537. The Morgan fingerprint density at radius 2 is 1.44 bits per heavy atom. The number of hydrogen-bond acceptors (Lipinski definition) is 6. The van der Waals surface area contributed by atoms with Crippen LogP contribution in [-0.2, 0) is 19.6 Å². The summed E-state index contributed by atoms with van der Waals surface area (Å²) in [6, 6.07) is 15.6. The van der Waals surface area contributed by atoms with E-state index in [4.69, 9.17) is 4.74 Å². The molecule has 0 atom stereocenters. The third kappa shape index (κ3) is 11.2. The standard InChI is InChI=1S/C41H62N4O4S/c1-11-13-14-15-16-17-40(46)43-39-27-33(18-20-38(39)42-37-21-19-34(24-31(37)9)45(12-2)22-23-49-10)44-50(47,48)41-35(29(5)6)25-32(28(3)4)26-36(41)30(7)8/h18-21,24-30,42,44H,11-17,22-23H2,1-10H3,(H,43,46). The predicted molar refractivity (Wildman–Crippen MR) is 212 cm³/mol. The van der Waals surface area contributed by atoms with Crippen molar-refractivity contribution in [3.63, 3.8) is 0 Å². The molecule has 3 N–H and O–H groups in total. The molecule has 0 fully saturated rings. The minimum absolute atomic E-state index is 0.00976. The van der Waals surface area contributed by atoms with Crippen LogP contribution >= 0.6 is 0 Å². The highest BCUT2D eigenvalue weighted by Gasteiger charge is 2.27. The number of likely N-dealkylation sites (N-methyl/N-ethyl adjacent to an activating group) is 1. The van der Waals surface area contributed by atoms with Crippen LogP contribution in [-0.4, -0.2) is 41.1 Å². The van der Waals surface area contributed by atoms with E-state index in [-0.39, 0.29) is 23.7 Å². The topological polar surface area (TPSA) is 99.8 Å². The van der Waals surface area contributed by atoms with E-state index in [2.05, 4.69) is 67.0 Å². The van der Waals surface area contributed by atoms with Gasteiger partial charge in [-0.15, -0.1) is 0 Å². The highest BCUT2D eigenvalue weighted by atomic mass is 32.2. The third-order valence-electron chi connectivity index (χ3n) is 9.19. The number of methoxy groups -OCH3 is 1. The van der Waals surface area contributed by atoms with E-state index in [1.54, 1.807) is 19.2 Å². The maximum absolute atomic E-state index is 14.3. The molecule has 0 heterocycles. The van der Waals surface area contributed by atoms with Gasteiger partial charge < -0.3 is 20.3 Å². The second kappa shape index (κ2) is 19.2. The fourth-order valence-electron chi connectivity index (χ4n) is 6.13. The summed E-state index contributed by atoms with van der Waals surface area (Å²) < 4.78 is 36.7. The predicted octanol–water partition coefficient (Wildman–Crippen LogP) is 10.7. The van der Waals surface area contributed by atoms with Gasteiger partial charge in [0.2, 0.25) is 5.91 Å². The molecule has 0 bridgehead atoms. The lowest BCUT2D eigenvalue weighted by atomic mass is 9.89. The molecule has 50 heavy (non-hydrogen) atoms. The zero-order valence-electron chi connectivity index (χ0n) is 32.2. The van der Waals surface area contributed by atoms with Crippen LogP contribution in [0.5, 0.6) is 0 Å². The molecule has 0 aromatic heterocycles. The molecule has 0 spiro atoms. The van der Waals surface area contributed by atoms with E-state index < -0.39 is 10.0 Å². The van der Waals surface area contributed by atoms with Crippen molar-refractivity contribution < 1.29 is 17.9 Å². The Morgan fingerprint density at radius 1 is 0.800 bits per heavy atom. The number of rotatable bonds is 20. The van der Waals surface area contributed by atoms with Crippen molar-refractivity contribution in [3.8, 4) is 0 Å². The lowest BCUT2D eigenvalue weighted by Gasteiger charge is -2.24. The second-order valence-corrected chi connectivity index (χ2v) is 15.9. The number of nitrogens with one attached hydrogen (secondary N) is 3. The van der Waals surface area contributed by atoms with Gasteiger partial charge in [0.1, 0.15) is 0 Å². The summed E-state index contributed by atoms with van der Waals surface area (Å²) in [6.45, 7) is 21.1. The molecule has 3 rings (SSSR count). The van der Waals surface area contributed by atoms with Crippen molar-refractivity contribution in [3.05, 3.63) is 70.8 Å². The van der Waals surface area contributed by atoms with Crippen LogP contribution in [0.2, 0.25) is 0 Å². The molecule has 0 unspecified atom stereocenters. The summed E-state index contributed by atoms with van der Waals surface area (Å²) in [7, 11) is -2.26. The first kappa shape index (κ1) is 40.9. The molecular formula is C41H62N4O4S. The minimum atomic E-state index is -3.97. The van der Waals surface area contributed by atoms with Crippen LogP contribution < -0.4 is 20.3 Å². The number of nitrogens with zero attached hydrogens (tertiary/aromatic N) is 1. The Labute approximate surface area is 302 Å². The average molecular weight is 707 g/mol. The molecule has 1 amide bonds. The number of ether oxygens (including phenoxy) is 1. The normalized spacial score (nSPS) is 11.8. The first-order valence-corrected chi connectivity index (χ1v) is 20.0. The van der Waals surface area contributed by atoms with Gasteiger partial charge in [-0.05, 0) is 96.7 Å². The number of carbonyl (C=O) groups is 1. The van der Waals surface area contributed by atoms with Crippen molar-refractivity contribution in [2.24, 2.45) is 0 Å². The Bertz CT molecular complexity index is 1640. The third-order valence-corrected chi connectivity index (χ3v) is 10.7. The number of aryl methyl sites for hydroxylation is 1. The largest absolute Gasteiger partial charge is 0.383 e. The van der Waals surface area contributed by atoms with Crippen molar-refractivity contribution in [2.75, 3.05) is 47.1 Å². The van der Waals surface area contributed by atoms with Crippen LogP contribution in [0.3, 0.4) is 0 Å². The highest BCUT2D eigenvalue weighted by Crippen LogP contribution is 2.37. The molecule has 9 heteroatoms. The number of benzene rings is 3. The van der Waals surface area contributed by atoms with Gasteiger partial charge in [0.25, 0.3) is 10.0 Å². The van der Waals surface area contributed by atoms with Crippen LogP contribution in [0, 0.1) is 6.92 Å². The molecule has 0 saturated heterocycles. The van der Waals surface area contributed by atoms with Crippen molar-refractivity contribution >= 4 is 44.4 Å². The van der Waals surface area contributed by atoms with E-state index in [9.17, 15) is 13.2 Å². The van der Waals surface area contributed by atoms with Gasteiger partial charge in [-0.2, -0.15) is 0 Å². The van der Waals surface area contributed by atoms with Crippen LogP contribution in [0.15, 0.2) is 53.4 Å². The first-order valence-electron chi connectivity index (χ1n) is 18.5. The van der Waals surface area contributed by atoms with E-state index in [1.807, 2.05) is 52.0 Å². The summed E-state index contributed by atoms with van der Waals surface area (Å²) in [6.07, 6.45) is 5.63. The smallest absolute Gasteiger partial charge is 0.262 e. The minimum Gasteiger partial charge on any atom is -0.383 e. The molecular weight excluding hydrogens is 645 g/mol. The Morgan fingerprint density at radius 3 is 2.00 bits per heavy atom. The van der Waals surface area contributed by atoms with Crippen molar-refractivity contribution in [1.29, 1.82) is 0 Å². The lowest BCUT2D eigenvalue weighted by molar-refractivity contribution is -0.116. The van der Waals surface area contributed by atoms with Gasteiger partial charge in [0.05, 0.1) is 28.6 Å². The Balaban J connectivity index is 2.01. The van der Waals surface area contributed by atoms with Crippen LogP contribution in [0.1, 0.15) is 134 Å². The average Bonchev–Trinajstić information content (AvgIpc) is 3.06. The van der Waals surface area contributed by atoms with Gasteiger partial charge in [0, 0.05) is 38.0 Å². The monoisotopic (exact) mass is 706 g/mol. The maximum Gasteiger partial charge on any atom is 0.262 e. The number of anilines is 5. The molecule has 8 nitrogen and oxygen atoms in total. The fourth-order valence-corrected chi connectivity index (χ4v) is 7.88. The molecule has 276 valence electrons. The molecule has 0 aliphatic rings. The maximum atomic E-state index is 14.3. The van der Waals surface area contributed by atoms with E-state index in [0.717, 1.165) is 78.8 Å². The van der Waals surface area contributed by atoms with E-state index in [0.29, 0.717) is 35.0 Å². The number of amides is 1. The van der Waals surface area contributed by atoms with Crippen LogP contribution in [0.25, 0.3) is 0 Å². The Hall–Kier alpha value is -3.56. The van der Waals surface area contributed by atoms with Gasteiger partial charge >= 0.3 is 0 Å². The van der Waals surface area contributed by atoms with Crippen LogP contribution in [0.4, 0.5) is 28.4 Å². The van der Waals surface area contributed by atoms with Gasteiger partial charge in [-0.1, -0.05) is 86.3 Å². The second-order valence-electron chi connectivity index (χ2n) is 14.3. The lowest BCUT2D eigenvalue weighted by Crippen LogP contribution is -2.26. The quantitative estimate of drug-likeness (QED) is 0.101. The SMILES string of the molecule is CCCCCCCC(=O)Nc1cc(NS(=O)(=O)c2c(C(C)C)cc(C(C)C)cc2C(C)C)ccc1Nc1ccc(N(CC)CCOC)cc1C. The molecule has 0 saturated carbocycles. The molecule has 0 aliphatic carbocycles. The van der Waals surface area contributed by atoms with Crippen molar-refractivity contribution in [1.82, 2.24) is 0 Å². The van der Waals surface area contributed by atoms with Crippen molar-refractivity contribution in [2.45, 2.75) is 123 Å². The van der Waals surface area contributed by atoms with E-state index in [1.165, 1.54) is 0 Å². The van der Waals surface area contributed by atoms with Gasteiger partial charge in [-0.3, -0.25) is 9.52 Å². The number of hydrogen-bond donors (Lipinski definition) is 3. The molecule has 0 radical (unpaired) electrons. The molecule has 3 aromatic carbocycles. The molecule has 0 aliphatic heterocycles. The summed E-state index contributed by atoms with van der Waals surface area (Å²) >= 11 is 0. The number of carbonyl (C=O) groups excluding carboxylic acids is 1. The summed E-state index contributed by atoms with van der Waals surface area (Å²) in [5, 5.41) is 6.60. The zero-order chi connectivity index (χ0) is 37.0. The zero-order valence-corrected chi connectivity index (χ0v) is 33.0. The van der Waals surface area contributed by atoms with E-state index >= 15 is 0 Å². The first-order chi connectivity index (χ1) is 23.7. The summed E-state index contributed by atoms with van der Waals surface area (Å²) in [4.78, 5) is 15.8. The molecule has 3 aromatic rings. The Kier molecular flexibility index (Phi) is 15.7. The number of sulfonamides is 1. The van der Waals surface area contributed by atoms with Gasteiger partial charge in [0.15, 0.2) is 0 Å². The number of unbranched alkanes of at least 4 members (excludes halogenated alkanes) is 4.